The smallest absolute Gasteiger partial charge is 0.323 e. The van der Waals surface area contributed by atoms with Crippen LogP contribution in [0.25, 0.3) is 0 Å². The lowest BCUT2D eigenvalue weighted by Crippen LogP contribution is -2.61. The van der Waals surface area contributed by atoms with E-state index in [1.165, 1.54) is 7.11 Å². The molecule has 2 fully saturated rings. The summed E-state index contributed by atoms with van der Waals surface area (Å²) in [5, 5.41) is 2.96. The molecule has 1 heterocycles. The minimum atomic E-state index is -0.725. The molecular weight excluding hydrogens is 201 g/mol. The number of esters is 1. The first-order valence-electron chi connectivity index (χ1n) is 3.72. The van der Waals surface area contributed by atoms with E-state index in [0.717, 1.165) is 0 Å². The first-order chi connectivity index (χ1) is 5.53. The highest BCUT2D eigenvalue weighted by molar-refractivity contribution is 6.51. The van der Waals surface area contributed by atoms with Crippen LogP contribution in [0.4, 0.5) is 0 Å². The number of carbonyl (C=O) groups is 1. The van der Waals surface area contributed by atoms with Gasteiger partial charge in [-0.2, -0.15) is 0 Å². The highest BCUT2D eigenvalue weighted by Crippen LogP contribution is 2.68. The minimum absolute atomic E-state index is 0.247. The van der Waals surface area contributed by atoms with Gasteiger partial charge in [0.05, 0.1) is 7.11 Å². The number of alkyl halides is 2. The van der Waals surface area contributed by atoms with Crippen molar-refractivity contribution in [3.8, 4) is 0 Å². The first-order valence-corrected chi connectivity index (χ1v) is 4.48. The third-order valence-electron chi connectivity index (χ3n) is 2.75. The second-order valence-electron chi connectivity index (χ2n) is 3.37. The van der Waals surface area contributed by atoms with E-state index in [1.807, 2.05) is 0 Å². The zero-order valence-electron chi connectivity index (χ0n) is 6.56. The topological polar surface area (TPSA) is 38.3 Å². The number of methoxy groups -OCH3 is 1. The van der Waals surface area contributed by atoms with Crippen molar-refractivity contribution < 1.29 is 9.53 Å². The number of hydrogen-bond donors (Lipinski definition) is 1. The molecule has 0 aromatic carbocycles. The summed E-state index contributed by atoms with van der Waals surface area (Å²) in [7, 11) is 1.36. The molecule has 1 aliphatic heterocycles. The van der Waals surface area contributed by atoms with Gasteiger partial charge in [0.1, 0.15) is 10.4 Å². The summed E-state index contributed by atoms with van der Waals surface area (Å²) in [6, 6.07) is -0.308. The fourth-order valence-electron chi connectivity index (χ4n) is 1.73. The lowest BCUT2D eigenvalue weighted by Gasteiger charge is -2.37. The average Bonchev–Trinajstić information content (AvgIpc) is 2.54. The summed E-state index contributed by atoms with van der Waals surface area (Å²) in [5.41, 5.74) is -0.247. The van der Waals surface area contributed by atoms with Crippen LogP contribution in [-0.2, 0) is 9.53 Å². The minimum Gasteiger partial charge on any atom is -0.468 e. The van der Waals surface area contributed by atoms with E-state index in [1.54, 1.807) is 0 Å². The molecule has 1 saturated carbocycles. The summed E-state index contributed by atoms with van der Waals surface area (Å²) < 4.78 is 3.88. The molecule has 2 rings (SSSR count). The predicted molar refractivity (Wildman–Crippen MR) is 45.3 cm³/mol. The molecule has 0 aromatic heterocycles. The van der Waals surface area contributed by atoms with E-state index in [4.69, 9.17) is 23.2 Å². The van der Waals surface area contributed by atoms with Gasteiger partial charge in [-0.05, 0) is 6.42 Å². The SMILES string of the molecule is COC(=O)[C@H]1NC[C@@]12CC2(Cl)Cl. The van der Waals surface area contributed by atoms with Crippen LogP contribution in [0.1, 0.15) is 6.42 Å². The number of carbonyl (C=O) groups excluding carboxylic acids is 1. The Hall–Kier alpha value is 0.01000. The zero-order chi connectivity index (χ0) is 8.98. The van der Waals surface area contributed by atoms with Crippen LogP contribution >= 0.6 is 23.2 Å². The van der Waals surface area contributed by atoms with E-state index in [2.05, 4.69) is 10.1 Å². The summed E-state index contributed by atoms with van der Waals surface area (Å²) in [6.45, 7) is 0.708. The Morgan fingerprint density at radius 1 is 1.67 bits per heavy atom. The summed E-state index contributed by atoms with van der Waals surface area (Å²) in [5.74, 6) is -0.274. The highest BCUT2D eigenvalue weighted by Gasteiger charge is 2.76. The molecule has 0 unspecified atom stereocenters. The number of ether oxygens (including phenoxy) is 1. The van der Waals surface area contributed by atoms with E-state index >= 15 is 0 Å². The molecule has 0 bridgehead atoms. The normalized spacial score (nSPS) is 42.1. The van der Waals surface area contributed by atoms with Crippen molar-refractivity contribution in [2.75, 3.05) is 13.7 Å². The Kier molecular flexibility index (Phi) is 1.63. The maximum absolute atomic E-state index is 11.1. The van der Waals surface area contributed by atoms with Crippen LogP contribution in [0.5, 0.6) is 0 Å². The molecule has 0 amide bonds. The molecule has 1 aliphatic carbocycles. The van der Waals surface area contributed by atoms with Gasteiger partial charge in [-0.3, -0.25) is 4.79 Å². The molecule has 2 atom stereocenters. The van der Waals surface area contributed by atoms with E-state index in [0.29, 0.717) is 13.0 Å². The van der Waals surface area contributed by atoms with E-state index in [9.17, 15) is 4.79 Å². The van der Waals surface area contributed by atoms with Gasteiger partial charge in [-0.1, -0.05) is 0 Å². The second kappa shape index (κ2) is 2.28. The van der Waals surface area contributed by atoms with Crippen LogP contribution < -0.4 is 5.32 Å². The van der Waals surface area contributed by atoms with Crippen LogP contribution in [-0.4, -0.2) is 30.0 Å². The van der Waals surface area contributed by atoms with Crippen molar-refractivity contribution in [3.05, 3.63) is 0 Å². The van der Waals surface area contributed by atoms with Gasteiger partial charge in [-0.25, -0.2) is 0 Å². The monoisotopic (exact) mass is 209 g/mol. The summed E-state index contributed by atoms with van der Waals surface area (Å²) in [6.07, 6.45) is 0.676. The maximum atomic E-state index is 11.1. The quantitative estimate of drug-likeness (QED) is 0.511. The Bertz CT molecular complexity index is 244. The van der Waals surface area contributed by atoms with Crippen molar-refractivity contribution in [1.82, 2.24) is 5.32 Å². The standard InChI is InChI=1S/C7H9Cl2NO2/c1-12-5(11)4-6(3-10-4)2-7(6,8)9/h4,10H,2-3H2,1H3/t4-,6+/m1/s1. The van der Waals surface area contributed by atoms with Crippen LogP contribution in [0.2, 0.25) is 0 Å². The Balaban J connectivity index is 2.09. The summed E-state index contributed by atoms with van der Waals surface area (Å²) in [4.78, 5) is 11.1. The van der Waals surface area contributed by atoms with Crippen molar-refractivity contribution >= 4 is 29.2 Å². The molecule has 3 nitrogen and oxygen atoms in total. The molecule has 1 spiro atoms. The van der Waals surface area contributed by atoms with E-state index < -0.39 is 4.33 Å². The first kappa shape index (κ1) is 8.60. The van der Waals surface area contributed by atoms with Gasteiger partial charge in [-0.15, -0.1) is 23.2 Å². The van der Waals surface area contributed by atoms with Gasteiger partial charge in [0.15, 0.2) is 0 Å². The Morgan fingerprint density at radius 2 is 2.25 bits per heavy atom. The molecule has 0 radical (unpaired) electrons. The third-order valence-corrected chi connectivity index (χ3v) is 3.77. The summed E-state index contributed by atoms with van der Waals surface area (Å²) >= 11 is 11.8. The van der Waals surface area contributed by atoms with Gasteiger partial charge >= 0.3 is 5.97 Å². The van der Waals surface area contributed by atoms with Gasteiger partial charge < -0.3 is 10.1 Å². The van der Waals surface area contributed by atoms with Crippen molar-refractivity contribution in [1.29, 1.82) is 0 Å². The third kappa shape index (κ3) is 0.845. The van der Waals surface area contributed by atoms with E-state index in [-0.39, 0.29) is 17.4 Å². The molecule has 68 valence electrons. The van der Waals surface area contributed by atoms with Crippen LogP contribution in [0.3, 0.4) is 0 Å². The number of halogens is 2. The number of nitrogens with one attached hydrogen (secondary N) is 1. The van der Waals surface area contributed by atoms with Gasteiger partial charge in [0.25, 0.3) is 0 Å². The molecule has 1 N–H and O–H groups in total. The number of rotatable bonds is 1. The lowest BCUT2D eigenvalue weighted by atomic mass is 9.88. The number of hydrogen-bond acceptors (Lipinski definition) is 3. The maximum Gasteiger partial charge on any atom is 0.323 e. The van der Waals surface area contributed by atoms with Crippen LogP contribution in [0.15, 0.2) is 0 Å². The molecule has 5 heteroatoms. The fraction of sp³-hybridized carbons (Fsp3) is 0.857. The fourth-order valence-corrected chi connectivity index (χ4v) is 2.56. The lowest BCUT2D eigenvalue weighted by molar-refractivity contribution is -0.148. The highest BCUT2D eigenvalue weighted by atomic mass is 35.5. The van der Waals surface area contributed by atoms with Crippen molar-refractivity contribution in [3.63, 3.8) is 0 Å². The molecular formula is C7H9Cl2NO2. The average molecular weight is 210 g/mol. The Labute approximate surface area is 80.3 Å². The Morgan fingerprint density at radius 3 is 2.50 bits per heavy atom. The largest absolute Gasteiger partial charge is 0.468 e. The molecule has 12 heavy (non-hydrogen) atoms. The zero-order valence-corrected chi connectivity index (χ0v) is 8.08. The van der Waals surface area contributed by atoms with Crippen LogP contribution in [0, 0.1) is 5.41 Å². The van der Waals surface area contributed by atoms with Gasteiger partial charge in [0.2, 0.25) is 0 Å². The molecule has 0 aromatic rings. The second-order valence-corrected chi connectivity index (χ2v) is 4.86. The van der Waals surface area contributed by atoms with Crippen molar-refractivity contribution in [2.45, 2.75) is 16.8 Å². The predicted octanol–water partition coefficient (Wildman–Crippen LogP) is 0.695. The van der Waals surface area contributed by atoms with Gasteiger partial charge in [0, 0.05) is 12.0 Å². The van der Waals surface area contributed by atoms with Crippen molar-refractivity contribution in [2.24, 2.45) is 5.41 Å². The molecule has 2 aliphatic rings. The molecule has 1 saturated heterocycles.